The van der Waals surface area contributed by atoms with Crippen molar-refractivity contribution in [3.05, 3.63) is 12.2 Å². The zero-order valence-corrected chi connectivity index (χ0v) is 6.89. The average Bonchev–Trinajstić information content (AvgIpc) is 1.95. The maximum Gasteiger partial charge on any atom is 0.0580 e. The summed E-state index contributed by atoms with van der Waals surface area (Å²) in [6, 6.07) is 0. The molecule has 1 aliphatic rings. The van der Waals surface area contributed by atoms with Crippen LogP contribution in [0.15, 0.2) is 12.2 Å². The van der Waals surface area contributed by atoms with Gasteiger partial charge in [-0.05, 0) is 25.2 Å². The van der Waals surface area contributed by atoms with Crippen LogP contribution < -0.4 is 0 Å². The summed E-state index contributed by atoms with van der Waals surface area (Å²) in [4.78, 5) is 0. The fraction of sp³-hybridized carbons (Fsp3) is 0.778. The maximum atomic E-state index is 5.27. The first-order chi connectivity index (χ1) is 4.74. The van der Waals surface area contributed by atoms with Crippen molar-refractivity contribution in [3.63, 3.8) is 0 Å². The number of rotatable bonds is 1. The van der Waals surface area contributed by atoms with Crippen molar-refractivity contribution in [2.24, 2.45) is 5.92 Å². The Kier molecular flexibility index (Phi) is 2.50. The molecule has 0 aromatic heterocycles. The molecule has 0 N–H and O–H groups in total. The number of ether oxygens (including phenoxy) is 1. The number of allylic oxidation sites excluding steroid dienone is 1. The van der Waals surface area contributed by atoms with Crippen LogP contribution in [0, 0.1) is 5.92 Å². The zero-order chi connectivity index (χ0) is 7.56. The van der Waals surface area contributed by atoms with Crippen LogP contribution in [0.2, 0.25) is 0 Å². The van der Waals surface area contributed by atoms with Crippen molar-refractivity contribution in [1.29, 1.82) is 0 Å². The molecule has 1 heteroatoms. The molecule has 0 bridgehead atoms. The first kappa shape index (κ1) is 7.80. The van der Waals surface area contributed by atoms with Gasteiger partial charge < -0.3 is 4.74 Å². The monoisotopic (exact) mass is 140 g/mol. The second kappa shape index (κ2) is 3.20. The average molecular weight is 140 g/mol. The smallest absolute Gasteiger partial charge is 0.0580 e. The molecular formula is C9H16O. The summed E-state index contributed by atoms with van der Waals surface area (Å²) >= 11 is 0. The molecule has 10 heavy (non-hydrogen) atoms. The quantitative estimate of drug-likeness (QED) is 0.508. The lowest BCUT2D eigenvalue weighted by Crippen LogP contribution is -2.21. The van der Waals surface area contributed by atoms with E-state index in [9.17, 15) is 0 Å². The molecule has 0 aliphatic heterocycles. The first-order valence-corrected chi connectivity index (χ1v) is 3.94. The fourth-order valence-electron chi connectivity index (χ4n) is 1.49. The molecule has 1 fully saturated rings. The second-order valence-electron chi connectivity index (χ2n) is 3.19. The number of hydrogen-bond donors (Lipinski definition) is 0. The molecule has 0 radical (unpaired) electrons. The van der Waals surface area contributed by atoms with E-state index in [2.05, 4.69) is 13.5 Å². The van der Waals surface area contributed by atoms with E-state index in [1.807, 2.05) is 0 Å². The minimum absolute atomic E-state index is 0.487. The fourth-order valence-corrected chi connectivity index (χ4v) is 1.49. The molecule has 0 heterocycles. The Hall–Kier alpha value is -0.300. The predicted octanol–water partition coefficient (Wildman–Crippen LogP) is 2.38. The Bertz CT molecular complexity index is 129. The summed E-state index contributed by atoms with van der Waals surface area (Å²) in [5.74, 6) is 0.665. The maximum absolute atomic E-state index is 5.27. The second-order valence-corrected chi connectivity index (χ2v) is 3.19. The van der Waals surface area contributed by atoms with Gasteiger partial charge in [0.25, 0.3) is 0 Å². The van der Waals surface area contributed by atoms with E-state index < -0.39 is 0 Å². The van der Waals surface area contributed by atoms with Crippen molar-refractivity contribution < 1.29 is 4.74 Å². The van der Waals surface area contributed by atoms with Crippen molar-refractivity contribution >= 4 is 0 Å². The molecule has 58 valence electrons. The van der Waals surface area contributed by atoms with Gasteiger partial charge in [0.2, 0.25) is 0 Å². The predicted molar refractivity (Wildman–Crippen MR) is 43.0 cm³/mol. The molecule has 1 saturated carbocycles. The van der Waals surface area contributed by atoms with Gasteiger partial charge in [-0.15, -0.1) is 0 Å². The van der Waals surface area contributed by atoms with Crippen molar-refractivity contribution in [1.82, 2.24) is 0 Å². The molecule has 0 aromatic rings. The SMILES string of the molecule is C=C1CCC(OC)CC1C. The third-order valence-electron chi connectivity index (χ3n) is 2.43. The van der Waals surface area contributed by atoms with Gasteiger partial charge >= 0.3 is 0 Å². The molecular weight excluding hydrogens is 124 g/mol. The third-order valence-corrected chi connectivity index (χ3v) is 2.43. The largest absolute Gasteiger partial charge is 0.381 e. The normalized spacial score (nSPS) is 34.4. The molecule has 1 aliphatic carbocycles. The summed E-state index contributed by atoms with van der Waals surface area (Å²) in [7, 11) is 1.80. The highest BCUT2D eigenvalue weighted by Gasteiger charge is 2.20. The topological polar surface area (TPSA) is 9.23 Å². The molecule has 2 unspecified atom stereocenters. The van der Waals surface area contributed by atoms with Gasteiger partial charge in [-0.25, -0.2) is 0 Å². The Labute approximate surface area is 63.1 Å². The minimum atomic E-state index is 0.487. The lowest BCUT2D eigenvalue weighted by molar-refractivity contribution is 0.0680. The standard InChI is InChI=1S/C9H16O/c1-7-4-5-9(10-3)6-8(7)2/h8-9H,1,4-6H2,2-3H3. The zero-order valence-electron chi connectivity index (χ0n) is 6.89. The van der Waals surface area contributed by atoms with Crippen LogP contribution in [-0.4, -0.2) is 13.2 Å². The van der Waals surface area contributed by atoms with Crippen LogP contribution in [0.25, 0.3) is 0 Å². The molecule has 1 nitrogen and oxygen atoms in total. The van der Waals surface area contributed by atoms with Gasteiger partial charge in [-0.1, -0.05) is 19.1 Å². The highest BCUT2D eigenvalue weighted by atomic mass is 16.5. The summed E-state index contributed by atoms with van der Waals surface area (Å²) < 4.78 is 5.27. The highest BCUT2D eigenvalue weighted by molar-refractivity contribution is 5.03. The minimum Gasteiger partial charge on any atom is -0.381 e. The Morgan fingerprint density at radius 2 is 2.30 bits per heavy atom. The van der Waals surface area contributed by atoms with Gasteiger partial charge in [0.15, 0.2) is 0 Å². The van der Waals surface area contributed by atoms with Gasteiger partial charge in [0, 0.05) is 7.11 Å². The van der Waals surface area contributed by atoms with E-state index >= 15 is 0 Å². The van der Waals surface area contributed by atoms with Crippen LogP contribution in [0.4, 0.5) is 0 Å². The van der Waals surface area contributed by atoms with E-state index in [4.69, 9.17) is 4.74 Å². The van der Waals surface area contributed by atoms with E-state index in [1.165, 1.54) is 12.0 Å². The molecule has 2 atom stereocenters. The molecule has 0 spiro atoms. The van der Waals surface area contributed by atoms with Crippen LogP contribution in [0.1, 0.15) is 26.2 Å². The summed E-state index contributed by atoms with van der Waals surface area (Å²) in [5, 5.41) is 0. The van der Waals surface area contributed by atoms with Crippen molar-refractivity contribution in [3.8, 4) is 0 Å². The molecule has 0 amide bonds. The molecule has 1 rings (SSSR count). The first-order valence-electron chi connectivity index (χ1n) is 3.94. The van der Waals surface area contributed by atoms with Crippen LogP contribution in [0.5, 0.6) is 0 Å². The summed E-state index contributed by atoms with van der Waals surface area (Å²) in [6.45, 7) is 6.24. The van der Waals surface area contributed by atoms with Gasteiger partial charge in [-0.2, -0.15) is 0 Å². The Morgan fingerprint density at radius 1 is 1.60 bits per heavy atom. The lowest BCUT2D eigenvalue weighted by Gasteiger charge is -2.27. The van der Waals surface area contributed by atoms with Crippen LogP contribution in [-0.2, 0) is 4.74 Å². The molecule has 0 aromatic carbocycles. The summed E-state index contributed by atoms with van der Waals surface area (Å²) in [6.07, 6.45) is 3.97. The lowest BCUT2D eigenvalue weighted by atomic mass is 9.85. The Morgan fingerprint density at radius 3 is 2.80 bits per heavy atom. The number of hydrogen-bond acceptors (Lipinski definition) is 1. The third kappa shape index (κ3) is 1.60. The van der Waals surface area contributed by atoms with E-state index in [0.717, 1.165) is 12.8 Å². The van der Waals surface area contributed by atoms with Crippen LogP contribution in [0.3, 0.4) is 0 Å². The van der Waals surface area contributed by atoms with E-state index in [-0.39, 0.29) is 0 Å². The number of methoxy groups -OCH3 is 1. The highest BCUT2D eigenvalue weighted by Crippen LogP contribution is 2.28. The van der Waals surface area contributed by atoms with Crippen molar-refractivity contribution in [2.75, 3.05) is 7.11 Å². The molecule has 0 saturated heterocycles. The van der Waals surface area contributed by atoms with Crippen molar-refractivity contribution in [2.45, 2.75) is 32.3 Å². The van der Waals surface area contributed by atoms with Gasteiger partial charge in [-0.3, -0.25) is 0 Å². The van der Waals surface area contributed by atoms with Gasteiger partial charge in [0.05, 0.1) is 6.10 Å². The Balaban J connectivity index is 2.40. The van der Waals surface area contributed by atoms with Gasteiger partial charge in [0.1, 0.15) is 0 Å². The van der Waals surface area contributed by atoms with E-state index in [0.29, 0.717) is 12.0 Å². The van der Waals surface area contributed by atoms with E-state index in [1.54, 1.807) is 7.11 Å². The summed E-state index contributed by atoms with van der Waals surface area (Å²) in [5.41, 5.74) is 1.40. The van der Waals surface area contributed by atoms with Crippen LogP contribution >= 0.6 is 0 Å².